The van der Waals surface area contributed by atoms with Crippen LogP contribution in [0, 0.1) is 12.3 Å². The molecule has 1 heterocycles. The predicted molar refractivity (Wildman–Crippen MR) is 81.4 cm³/mol. The van der Waals surface area contributed by atoms with Crippen molar-refractivity contribution in [3.63, 3.8) is 0 Å². The molecule has 0 fully saturated rings. The third-order valence-electron chi connectivity index (χ3n) is 3.71. The van der Waals surface area contributed by atoms with E-state index < -0.39 is 0 Å². The summed E-state index contributed by atoms with van der Waals surface area (Å²) in [5, 5.41) is 3.60. The van der Waals surface area contributed by atoms with E-state index in [1.807, 2.05) is 6.07 Å². The van der Waals surface area contributed by atoms with Crippen molar-refractivity contribution in [2.75, 3.05) is 6.54 Å². The summed E-state index contributed by atoms with van der Waals surface area (Å²) in [5.74, 6) is 1.09. The van der Waals surface area contributed by atoms with Crippen LogP contribution >= 0.6 is 0 Å². The van der Waals surface area contributed by atoms with Crippen LogP contribution in [0.3, 0.4) is 0 Å². The highest BCUT2D eigenvalue weighted by molar-refractivity contribution is 5.75. The molecule has 0 amide bonds. The second kappa shape index (κ2) is 5.33. The normalized spacial score (nSPS) is 13.9. The van der Waals surface area contributed by atoms with Gasteiger partial charge in [-0.2, -0.15) is 0 Å². The summed E-state index contributed by atoms with van der Waals surface area (Å²) >= 11 is 0. The molecule has 0 saturated heterocycles. The van der Waals surface area contributed by atoms with Gasteiger partial charge in [0.1, 0.15) is 5.82 Å². The van der Waals surface area contributed by atoms with Crippen LogP contribution in [0.15, 0.2) is 24.3 Å². The van der Waals surface area contributed by atoms with Gasteiger partial charge in [0.25, 0.3) is 0 Å². The van der Waals surface area contributed by atoms with Gasteiger partial charge in [-0.05, 0) is 31.0 Å². The van der Waals surface area contributed by atoms with Crippen molar-refractivity contribution in [1.29, 1.82) is 0 Å². The zero-order valence-corrected chi connectivity index (χ0v) is 12.7. The van der Waals surface area contributed by atoms with E-state index in [0.29, 0.717) is 6.04 Å². The lowest BCUT2D eigenvalue weighted by atomic mass is 9.86. The highest BCUT2D eigenvalue weighted by atomic mass is 15.1. The first kappa shape index (κ1) is 14.1. The molecule has 104 valence electrons. The SMILES string of the molecule is CCNC(Cn1c(C)nc2ccccc21)C(C)(C)C. The molecule has 1 aromatic carbocycles. The van der Waals surface area contributed by atoms with Crippen LogP contribution in [0.4, 0.5) is 0 Å². The number of hydrogen-bond donors (Lipinski definition) is 1. The van der Waals surface area contributed by atoms with Gasteiger partial charge < -0.3 is 9.88 Å². The highest BCUT2D eigenvalue weighted by Gasteiger charge is 2.25. The zero-order valence-electron chi connectivity index (χ0n) is 12.7. The number of benzene rings is 1. The molecule has 0 spiro atoms. The van der Waals surface area contributed by atoms with E-state index >= 15 is 0 Å². The lowest BCUT2D eigenvalue weighted by molar-refractivity contribution is 0.246. The summed E-state index contributed by atoms with van der Waals surface area (Å²) in [7, 11) is 0. The summed E-state index contributed by atoms with van der Waals surface area (Å²) in [4.78, 5) is 4.64. The number of imidazole rings is 1. The Morgan fingerprint density at radius 2 is 1.95 bits per heavy atom. The minimum Gasteiger partial charge on any atom is -0.327 e. The van der Waals surface area contributed by atoms with Gasteiger partial charge in [-0.15, -0.1) is 0 Å². The van der Waals surface area contributed by atoms with E-state index in [2.05, 4.69) is 67.7 Å². The Hall–Kier alpha value is -1.35. The Morgan fingerprint density at radius 1 is 1.26 bits per heavy atom. The number of nitrogens with zero attached hydrogens (tertiary/aromatic N) is 2. The fourth-order valence-corrected chi connectivity index (χ4v) is 2.50. The smallest absolute Gasteiger partial charge is 0.106 e. The van der Waals surface area contributed by atoms with Crippen molar-refractivity contribution >= 4 is 11.0 Å². The van der Waals surface area contributed by atoms with Gasteiger partial charge in [-0.25, -0.2) is 4.98 Å². The highest BCUT2D eigenvalue weighted by Crippen LogP contribution is 2.23. The van der Waals surface area contributed by atoms with Gasteiger partial charge in [-0.1, -0.05) is 39.8 Å². The summed E-state index contributed by atoms with van der Waals surface area (Å²) in [6.07, 6.45) is 0. The number of hydrogen-bond acceptors (Lipinski definition) is 2. The van der Waals surface area contributed by atoms with Crippen molar-refractivity contribution in [3.05, 3.63) is 30.1 Å². The number of aromatic nitrogens is 2. The second-order valence-corrected chi connectivity index (χ2v) is 6.23. The van der Waals surface area contributed by atoms with Crippen LogP contribution in [-0.4, -0.2) is 22.1 Å². The Kier molecular flexibility index (Phi) is 3.95. The molecule has 0 bridgehead atoms. The third kappa shape index (κ3) is 2.98. The number of rotatable bonds is 4. The molecule has 19 heavy (non-hydrogen) atoms. The largest absolute Gasteiger partial charge is 0.327 e. The van der Waals surface area contributed by atoms with E-state index in [1.165, 1.54) is 5.52 Å². The second-order valence-electron chi connectivity index (χ2n) is 6.23. The molecular formula is C16H25N3. The molecule has 0 aliphatic rings. The van der Waals surface area contributed by atoms with E-state index in [0.717, 1.165) is 24.4 Å². The molecule has 1 aromatic heterocycles. The average Bonchev–Trinajstić information content (AvgIpc) is 2.64. The van der Waals surface area contributed by atoms with E-state index in [9.17, 15) is 0 Å². The summed E-state index contributed by atoms with van der Waals surface area (Å²) in [5.41, 5.74) is 2.55. The molecule has 0 saturated carbocycles. The quantitative estimate of drug-likeness (QED) is 0.912. The van der Waals surface area contributed by atoms with Crippen LogP contribution in [0.1, 0.15) is 33.5 Å². The molecule has 3 heteroatoms. The summed E-state index contributed by atoms with van der Waals surface area (Å²) in [6.45, 7) is 13.1. The minimum absolute atomic E-state index is 0.230. The van der Waals surface area contributed by atoms with Gasteiger partial charge in [-0.3, -0.25) is 0 Å². The fraction of sp³-hybridized carbons (Fsp3) is 0.562. The van der Waals surface area contributed by atoms with Crippen molar-refractivity contribution in [2.24, 2.45) is 5.41 Å². The van der Waals surface area contributed by atoms with E-state index in [-0.39, 0.29) is 5.41 Å². The predicted octanol–water partition coefficient (Wildman–Crippen LogP) is 3.37. The van der Waals surface area contributed by atoms with Crippen molar-refractivity contribution < 1.29 is 0 Å². The zero-order chi connectivity index (χ0) is 14.0. The molecule has 1 N–H and O–H groups in total. The monoisotopic (exact) mass is 259 g/mol. The molecule has 2 rings (SSSR count). The van der Waals surface area contributed by atoms with Gasteiger partial charge in [0.2, 0.25) is 0 Å². The molecule has 1 unspecified atom stereocenters. The maximum absolute atomic E-state index is 4.64. The topological polar surface area (TPSA) is 29.9 Å². The number of fused-ring (bicyclic) bond motifs is 1. The number of aryl methyl sites for hydroxylation is 1. The first-order valence-electron chi connectivity index (χ1n) is 7.08. The Balaban J connectivity index is 2.36. The Morgan fingerprint density at radius 3 is 2.58 bits per heavy atom. The van der Waals surface area contributed by atoms with Crippen LogP contribution in [0.2, 0.25) is 0 Å². The molecule has 2 aromatic rings. The maximum atomic E-state index is 4.64. The Labute approximate surface area is 116 Å². The summed E-state index contributed by atoms with van der Waals surface area (Å²) in [6, 6.07) is 8.80. The number of nitrogens with one attached hydrogen (secondary N) is 1. The maximum Gasteiger partial charge on any atom is 0.106 e. The van der Waals surface area contributed by atoms with E-state index in [1.54, 1.807) is 0 Å². The molecular weight excluding hydrogens is 234 g/mol. The van der Waals surface area contributed by atoms with Crippen LogP contribution in [0.25, 0.3) is 11.0 Å². The van der Waals surface area contributed by atoms with Crippen LogP contribution in [0.5, 0.6) is 0 Å². The molecule has 0 aliphatic heterocycles. The third-order valence-corrected chi connectivity index (χ3v) is 3.71. The summed E-state index contributed by atoms with van der Waals surface area (Å²) < 4.78 is 2.33. The van der Waals surface area contributed by atoms with Gasteiger partial charge in [0, 0.05) is 12.6 Å². The van der Waals surface area contributed by atoms with Crippen molar-refractivity contribution in [2.45, 2.75) is 47.2 Å². The minimum atomic E-state index is 0.230. The first-order chi connectivity index (χ1) is 8.93. The average molecular weight is 259 g/mol. The van der Waals surface area contributed by atoms with Gasteiger partial charge in [0.05, 0.1) is 11.0 Å². The van der Waals surface area contributed by atoms with Crippen LogP contribution < -0.4 is 5.32 Å². The van der Waals surface area contributed by atoms with Crippen molar-refractivity contribution in [1.82, 2.24) is 14.9 Å². The molecule has 3 nitrogen and oxygen atoms in total. The molecule has 0 radical (unpaired) electrons. The van der Waals surface area contributed by atoms with Crippen LogP contribution in [-0.2, 0) is 6.54 Å². The van der Waals surface area contributed by atoms with Gasteiger partial charge >= 0.3 is 0 Å². The number of para-hydroxylation sites is 2. The lowest BCUT2D eigenvalue weighted by Gasteiger charge is -2.32. The Bertz CT molecular complexity index is 549. The standard InChI is InChI=1S/C16H25N3/c1-6-17-15(16(3,4)5)11-19-12(2)18-13-9-7-8-10-14(13)19/h7-10,15,17H,6,11H2,1-5H3. The van der Waals surface area contributed by atoms with Crippen molar-refractivity contribution in [3.8, 4) is 0 Å². The van der Waals surface area contributed by atoms with Gasteiger partial charge in [0.15, 0.2) is 0 Å². The number of likely N-dealkylation sites (N-methyl/N-ethyl adjacent to an activating group) is 1. The van der Waals surface area contributed by atoms with E-state index in [4.69, 9.17) is 0 Å². The molecule has 0 aliphatic carbocycles. The first-order valence-corrected chi connectivity index (χ1v) is 7.08. The molecule has 1 atom stereocenters. The lowest BCUT2D eigenvalue weighted by Crippen LogP contribution is -2.43. The fourth-order valence-electron chi connectivity index (χ4n) is 2.50.